The van der Waals surface area contributed by atoms with Crippen LogP contribution in [0, 0.1) is 0 Å². The molecule has 1 N–H and O–H groups in total. The zero-order valence-electron chi connectivity index (χ0n) is 12.6. The van der Waals surface area contributed by atoms with E-state index in [-0.39, 0.29) is 12.0 Å². The first-order chi connectivity index (χ1) is 10.7. The summed E-state index contributed by atoms with van der Waals surface area (Å²) in [6, 6.07) is 7.33. The minimum absolute atomic E-state index is 0.279. The molecule has 0 bridgehead atoms. The molecule has 0 aliphatic carbocycles. The summed E-state index contributed by atoms with van der Waals surface area (Å²) >= 11 is 0. The Morgan fingerprint density at radius 1 is 1.50 bits per heavy atom. The van der Waals surface area contributed by atoms with Crippen molar-refractivity contribution in [2.75, 3.05) is 20.2 Å². The summed E-state index contributed by atoms with van der Waals surface area (Å²) in [5.74, 6) is 0.425. The van der Waals surface area contributed by atoms with Gasteiger partial charge in [0, 0.05) is 19.4 Å². The maximum Gasteiger partial charge on any atom is 0.323 e. The van der Waals surface area contributed by atoms with Crippen molar-refractivity contribution in [3.8, 4) is 0 Å². The van der Waals surface area contributed by atoms with E-state index in [2.05, 4.69) is 4.98 Å². The topological polar surface area (TPSA) is 75.8 Å². The van der Waals surface area contributed by atoms with Crippen molar-refractivity contribution in [1.82, 2.24) is 9.88 Å². The van der Waals surface area contributed by atoms with Crippen molar-refractivity contribution in [3.63, 3.8) is 0 Å². The predicted octanol–water partition coefficient (Wildman–Crippen LogP) is 1.37. The molecule has 0 unspecified atom stereocenters. The zero-order chi connectivity index (χ0) is 15.5. The van der Waals surface area contributed by atoms with Crippen LogP contribution in [-0.2, 0) is 16.0 Å². The Morgan fingerprint density at radius 3 is 3.09 bits per heavy atom. The fraction of sp³-hybridized carbons (Fsp3) is 0.500. The van der Waals surface area contributed by atoms with Gasteiger partial charge in [-0.1, -0.05) is 12.1 Å². The van der Waals surface area contributed by atoms with Crippen molar-refractivity contribution in [1.29, 1.82) is 0 Å². The molecule has 0 saturated carbocycles. The monoisotopic (exact) mass is 304 g/mol. The Kier molecular flexibility index (Phi) is 4.40. The number of nitrogens with zero attached hydrogens (tertiary/aromatic N) is 2. The Balaban J connectivity index is 1.56. The minimum Gasteiger partial charge on any atom is -0.468 e. The molecule has 6 nitrogen and oxygen atoms in total. The molecule has 2 aromatic rings. The molecule has 0 amide bonds. The smallest absolute Gasteiger partial charge is 0.323 e. The standard InChI is InChI=1S/C16H20N2O4/c1-21-16(20)13-9-11(19)10-18(13)8-4-7-15-17-12-5-2-3-6-14(12)22-15/h2-3,5-6,11,13,19H,4,7-10H2,1H3/t11-,13-/m1/s1. The Bertz CT molecular complexity index is 621. The lowest BCUT2D eigenvalue weighted by Crippen LogP contribution is -2.37. The summed E-state index contributed by atoms with van der Waals surface area (Å²) in [5, 5.41) is 9.75. The van der Waals surface area contributed by atoms with Gasteiger partial charge >= 0.3 is 5.97 Å². The fourth-order valence-corrected chi connectivity index (χ4v) is 2.97. The van der Waals surface area contributed by atoms with Crippen molar-refractivity contribution >= 4 is 17.1 Å². The summed E-state index contributed by atoms with van der Waals surface area (Å²) in [6.45, 7) is 1.21. The number of aliphatic hydroxyl groups excluding tert-OH is 1. The number of methoxy groups -OCH3 is 1. The summed E-state index contributed by atoms with van der Waals surface area (Å²) < 4.78 is 10.5. The molecular weight excluding hydrogens is 284 g/mol. The average molecular weight is 304 g/mol. The normalized spacial score (nSPS) is 22.3. The summed E-state index contributed by atoms with van der Waals surface area (Å²) in [7, 11) is 1.38. The first-order valence-corrected chi connectivity index (χ1v) is 7.52. The number of aliphatic hydroxyl groups is 1. The van der Waals surface area contributed by atoms with Gasteiger partial charge in [0.2, 0.25) is 0 Å². The van der Waals surface area contributed by atoms with Gasteiger partial charge in [-0.2, -0.15) is 0 Å². The average Bonchev–Trinajstić information content (AvgIpc) is 3.09. The van der Waals surface area contributed by atoms with E-state index in [1.807, 2.05) is 29.2 Å². The number of ether oxygens (including phenoxy) is 1. The zero-order valence-corrected chi connectivity index (χ0v) is 12.6. The molecule has 2 atom stereocenters. The number of oxazole rings is 1. The van der Waals surface area contributed by atoms with Crippen LogP contribution in [0.2, 0.25) is 0 Å². The highest BCUT2D eigenvalue weighted by molar-refractivity contribution is 5.76. The number of para-hydroxylation sites is 2. The molecule has 1 aromatic carbocycles. The summed E-state index contributed by atoms with van der Waals surface area (Å²) in [6.07, 6.45) is 1.49. The predicted molar refractivity (Wildman–Crippen MR) is 80.3 cm³/mol. The number of likely N-dealkylation sites (tertiary alicyclic amines) is 1. The second-order valence-corrected chi connectivity index (χ2v) is 5.60. The first kappa shape index (κ1) is 15.0. The molecule has 3 rings (SSSR count). The number of aryl methyl sites for hydroxylation is 1. The van der Waals surface area contributed by atoms with E-state index in [1.165, 1.54) is 7.11 Å². The molecule has 0 radical (unpaired) electrons. The van der Waals surface area contributed by atoms with Crippen molar-refractivity contribution in [3.05, 3.63) is 30.2 Å². The third-order valence-electron chi connectivity index (χ3n) is 4.03. The van der Waals surface area contributed by atoms with Gasteiger partial charge in [0.15, 0.2) is 11.5 Å². The number of carbonyl (C=O) groups excluding carboxylic acids is 1. The van der Waals surface area contributed by atoms with Crippen LogP contribution in [0.4, 0.5) is 0 Å². The van der Waals surface area contributed by atoms with E-state index in [9.17, 15) is 9.90 Å². The largest absolute Gasteiger partial charge is 0.468 e. The van der Waals surface area contributed by atoms with Gasteiger partial charge < -0.3 is 14.3 Å². The first-order valence-electron chi connectivity index (χ1n) is 7.52. The molecule has 2 heterocycles. The molecule has 22 heavy (non-hydrogen) atoms. The number of rotatable bonds is 5. The van der Waals surface area contributed by atoms with Gasteiger partial charge in [0.25, 0.3) is 0 Å². The third-order valence-corrected chi connectivity index (χ3v) is 4.03. The van der Waals surface area contributed by atoms with E-state index in [1.54, 1.807) is 0 Å². The maximum absolute atomic E-state index is 11.7. The lowest BCUT2D eigenvalue weighted by Gasteiger charge is -2.21. The number of aromatic nitrogens is 1. The second kappa shape index (κ2) is 6.46. The molecule has 1 aromatic heterocycles. The number of hydrogen-bond donors (Lipinski definition) is 1. The van der Waals surface area contributed by atoms with Gasteiger partial charge in [-0.25, -0.2) is 4.98 Å². The van der Waals surface area contributed by atoms with Crippen molar-refractivity contribution in [2.45, 2.75) is 31.4 Å². The lowest BCUT2D eigenvalue weighted by atomic mass is 10.2. The number of carbonyl (C=O) groups is 1. The van der Waals surface area contributed by atoms with Crippen LogP contribution in [0.1, 0.15) is 18.7 Å². The molecule has 1 aliphatic rings. The van der Waals surface area contributed by atoms with Crippen LogP contribution in [0.5, 0.6) is 0 Å². The lowest BCUT2D eigenvalue weighted by molar-refractivity contribution is -0.145. The number of fused-ring (bicyclic) bond motifs is 1. The van der Waals surface area contributed by atoms with Crippen LogP contribution in [0.3, 0.4) is 0 Å². The molecule has 1 saturated heterocycles. The van der Waals surface area contributed by atoms with Crippen LogP contribution >= 0.6 is 0 Å². The number of hydrogen-bond acceptors (Lipinski definition) is 6. The highest BCUT2D eigenvalue weighted by Gasteiger charge is 2.36. The Labute approximate surface area is 128 Å². The Hall–Kier alpha value is -1.92. The van der Waals surface area contributed by atoms with Crippen molar-refractivity contribution in [2.24, 2.45) is 0 Å². The SMILES string of the molecule is COC(=O)[C@H]1C[C@@H](O)CN1CCCc1nc2ccccc2o1. The number of benzene rings is 1. The second-order valence-electron chi connectivity index (χ2n) is 5.60. The summed E-state index contributed by atoms with van der Waals surface area (Å²) in [5.41, 5.74) is 1.66. The molecule has 6 heteroatoms. The Morgan fingerprint density at radius 2 is 2.32 bits per heavy atom. The third kappa shape index (κ3) is 3.13. The molecule has 1 aliphatic heterocycles. The van der Waals surface area contributed by atoms with Gasteiger partial charge in [-0.15, -0.1) is 0 Å². The van der Waals surface area contributed by atoms with Crippen molar-refractivity contribution < 1.29 is 19.1 Å². The van der Waals surface area contributed by atoms with Crippen LogP contribution < -0.4 is 0 Å². The number of β-amino-alcohol motifs (C(OH)–C–C–N with tert-alkyl or cyclic N) is 1. The molecular formula is C16H20N2O4. The molecule has 1 fully saturated rings. The van der Waals surface area contributed by atoms with E-state index in [4.69, 9.17) is 9.15 Å². The summed E-state index contributed by atoms with van der Waals surface area (Å²) in [4.78, 5) is 18.1. The van der Waals surface area contributed by atoms with Gasteiger partial charge in [0.1, 0.15) is 11.6 Å². The van der Waals surface area contributed by atoms with E-state index in [0.29, 0.717) is 31.8 Å². The number of esters is 1. The van der Waals surface area contributed by atoms with Crippen LogP contribution in [-0.4, -0.2) is 53.3 Å². The quantitative estimate of drug-likeness (QED) is 0.841. The van der Waals surface area contributed by atoms with Gasteiger partial charge in [0.05, 0.1) is 13.2 Å². The van der Waals surface area contributed by atoms with E-state index < -0.39 is 6.10 Å². The van der Waals surface area contributed by atoms with E-state index >= 15 is 0 Å². The molecule has 118 valence electrons. The fourth-order valence-electron chi connectivity index (χ4n) is 2.97. The van der Waals surface area contributed by atoms with E-state index in [0.717, 1.165) is 17.5 Å². The van der Waals surface area contributed by atoms with Crippen LogP contribution in [0.15, 0.2) is 28.7 Å². The minimum atomic E-state index is -0.464. The van der Waals surface area contributed by atoms with Crippen LogP contribution in [0.25, 0.3) is 11.1 Å². The van der Waals surface area contributed by atoms with Gasteiger partial charge in [-0.05, 0) is 25.1 Å². The highest BCUT2D eigenvalue weighted by Crippen LogP contribution is 2.20. The van der Waals surface area contributed by atoms with Gasteiger partial charge in [-0.3, -0.25) is 9.69 Å². The maximum atomic E-state index is 11.7. The highest BCUT2D eigenvalue weighted by atomic mass is 16.5. The molecule has 0 spiro atoms.